The van der Waals surface area contributed by atoms with Gasteiger partial charge >= 0.3 is 5.97 Å². The number of hydrogen-bond donors (Lipinski definition) is 0. The Labute approximate surface area is 154 Å². The van der Waals surface area contributed by atoms with Crippen LogP contribution in [-0.4, -0.2) is 53.6 Å². The molecule has 2 aromatic rings. The lowest BCUT2D eigenvalue weighted by Crippen LogP contribution is -2.52. The van der Waals surface area contributed by atoms with E-state index in [1.807, 2.05) is 43.6 Å². The van der Waals surface area contributed by atoms with Gasteiger partial charge in [0.1, 0.15) is 0 Å². The number of methoxy groups -OCH3 is 1. The van der Waals surface area contributed by atoms with Gasteiger partial charge in [-0.1, -0.05) is 0 Å². The predicted molar refractivity (Wildman–Crippen MR) is 101 cm³/mol. The molecule has 0 radical (unpaired) electrons. The Kier molecular flexibility index (Phi) is 5.52. The lowest BCUT2D eigenvalue weighted by molar-refractivity contribution is 0.0600. The Balaban J connectivity index is 1.66. The zero-order chi connectivity index (χ0) is 18.7. The molecule has 1 fully saturated rings. The van der Waals surface area contributed by atoms with Gasteiger partial charge in [-0.05, 0) is 45.0 Å². The Bertz CT molecular complexity index is 745. The van der Waals surface area contributed by atoms with E-state index < -0.39 is 0 Å². The molecule has 0 saturated carbocycles. The van der Waals surface area contributed by atoms with Gasteiger partial charge in [0.15, 0.2) is 0 Å². The van der Waals surface area contributed by atoms with Crippen LogP contribution in [-0.2, 0) is 4.74 Å². The number of anilines is 1. The van der Waals surface area contributed by atoms with E-state index in [9.17, 15) is 4.79 Å². The van der Waals surface area contributed by atoms with Crippen LogP contribution in [0.3, 0.4) is 0 Å². The van der Waals surface area contributed by atoms with Crippen LogP contribution in [0, 0.1) is 6.92 Å². The maximum Gasteiger partial charge on any atom is 0.337 e. The second-order valence-corrected chi connectivity index (χ2v) is 6.83. The minimum Gasteiger partial charge on any atom is -0.465 e. The average Bonchev–Trinajstić information content (AvgIpc) is 2.67. The fourth-order valence-corrected chi connectivity index (χ4v) is 3.50. The van der Waals surface area contributed by atoms with Gasteiger partial charge in [0, 0.05) is 37.6 Å². The van der Waals surface area contributed by atoms with Gasteiger partial charge in [-0.2, -0.15) is 0 Å². The molecule has 1 aliphatic heterocycles. The molecule has 6 heteroatoms. The zero-order valence-corrected chi connectivity index (χ0v) is 15.8. The number of benzene rings is 1. The first-order chi connectivity index (χ1) is 12.5. The fraction of sp³-hybridized carbons (Fsp3) is 0.450. The largest absolute Gasteiger partial charge is 0.465 e. The summed E-state index contributed by atoms with van der Waals surface area (Å²) in [6.45, 7) is 9.21. The molecule has 138 valence electrons. The van der Waals surface area contributed by atoms with Crippen molar-refractivity contribution in [1.82, 2.24) is 14.9 Å². The second-order valence-electron chi connectivity index (χ2n) is 6.83. The predicted octanol–water partition coefficient (Wildman–Crippen LogP) is 2.84. The van der Waals surface area contributed by atoms with Crippen LogP contribution in [0.1, 0.15) is 41.6 Å². The van der Waals surface area contributed by atoms with E-state index in [0.717, 1.165) is 36.7 Å². The molecule has 1 aliphatic rings. The summed E-state index contributed by atoms with van der Waals surface area (Å²) in [5.41, 5.74) is 3.66. The first-order valence-electron chi connectivity index (χ1n) is 8.97. The molecule has 0 unspecified atom stereocenters. The third-order valence-corrected chi connectivity index (χ3v) is 5.06. The maximum atomic E-state index is 11.6. The van der Waals surface area contributed by atoms with Crippen LogP contribution in [0.2, 0.25) is 0 Å². The molecule has 2 heterocycles. The van der Waals surface area contributed by atoms with E-state index in [0.29, 0.717) is 11.6 Å². The third kappa shape index (κ3) is 3.85. The highest BCUT2D eigenvalue weighted by molar-refractivity contribution is 5.89. The van der Waals surface area contributed by atoms with Crippen LogP contribution in [0.15, 0.2) is 36.7 Å². The molecule has 1 saturated heterocycles. The van der Waals surface area contributed by atoms with Gasteiger partial charge in [-0.25, -0.2) is 4.79 Å². The van der Waals surface area contributed by atoms with Gasteiger partial charge in [0.2, 0.25) is 0 Å². The van der Waals surface area contributed by atoms with Gasteiger partial charge in [0.25, 0.3) is 0 Å². The number of carbonyl (C=O) groups is 1. The Morgan fingerprint density at radius 3 is 2.50 bits per heavy atom. The quantitative estimate of drug-likeness (QED) is 0.787. The van der Waals surface area contributed by atoms with E-state index in [2.05, 4.69) is 33.6 Å². The first-order valence-corrected chi connectivity index (χ1v) is 8.97. The highest BCUT2D eigenvalue weighted by Crippen LogP contribution is 2.26. The van der Waals surface area contributed by atoms with Crippen LogP contribution in [0.5, 0.6) is 0 Å². The van der Waals surface area contributed by atoms with Gasteiger partial charge < -0.3 is 9.64 Å². The minimum atomic E-state index is -0.303. The molecular weight excluding hydrogens is 328 g/mol. The molecular formula is C20H26N4O2. The maximum absolute atomic E-state index is 11.6. The topological polar surface area (TPSA) is 58.6 Å². The summed E-state index contributed by atoms with van der Waals surface area (Å²) in [6.07, 6.45) is 3.71. The van der Waals surface area contributed by atoms with Crippen LogP contribution >= 0.6 is 0 Å². The summed E-state index contributed by atoms with van der Waals surface area (Å²) in [4.78, 5) is 25.3. The summed E-state index contributed by atoms with van der Waals surface area (Å²) < 4.78 is 4.76. The molecule has 1 aromatic carbocycles. The van der Waals surface area contributed by atoms with Crippen molar-refractivity contribution in [2.75, 3.05) is 31.6 Å². The Hall–Kier alpha value is -2.47. The van der Waals surface area contributed by atoms with Crippen molar-refractivity contribution in [3.8, 4) is 0 Å². The Morgan fingerprint density at radius 2 is 1.92 bits per heavy atom. The molecule has 2 atom stereocenters. The molecule has 0 bridgehead atoms. The van der Waals surface area contributed by atoms with Crippen molar-refractivity contribution in [2.24, 2.45) is 0 Å². The van der Waals surface area contributed by atoms with E-state index >= 15 is 0 Å². The summed E-state index contributed by atoms with van der Waals surface area (Å²) in [7, 11) is 1.40. The molecule has 0 aliphatic carbocycles. The minimum absolute atomic E-state index is 0.238. The van der Waals surface area contributed by atoms with Crippen molar-refractivity contribution >= 4 is 11.7 Å². The van der Waals surface area contributed by atoms with Gasteiger partial charge in [0.05, 0.1) is 36.3 Å². The second kappa shape index (κ2) is 7.83. The van der Waals surface area contributed by atoms with Crippen molar-refractivity contribution in [3.63, 3.8) is 0 Å². The molecule has 0 spiro atoms. The molecule has 3 rings (SSSR count). The van der Waals surface area contributed by atoms with Crippen LogP contribution in [0.25, 0.3) is 0 Å². The van der Waals surface area contributed by atoms with E-state index in [4.69, 9.17) is 4.74 Å². The zero-order valence-electron chi connectivity index (χ0n) is 15.8. The average molecular weight is 354 g/mol. The molecule has 0 amide bonds. The lowest BCUT2D eigenvalue weighted by Gasteiger charge is -2.43. The number of esters is 1. The number of rotatable bonds is 4. The highest BCUT2D eigenvalue weighted by atomic mass is 16.5. The van der Waals surface area contributed by atoms with E-state index in [1.165, 1.54) is 7.11 Å². The summed E-state index contributed by atoms with van der Waals surface area (Å²) in [6, 6.07) is 8.25. The van der Waals surface area contributed by atoms with Gasteiger partial charge in [-0.3, -0.25) is 14.9 Å². The number of hydrogen-bond acceptors (Lipinski definition) is 6. The fourth-order valence-electron chi connectivity index (χ4n) is 3.50. The number of aryl methyl sites for hydroxylation is 1. The van der Waals surface area contributed by atoms with E-state index in [1.54, 1.807) is 0 Å². The summed E-state index contributed by atoms with van der Waals surface area (Å²) >= 11 is 0. The summed E-state index contributed by atoms with van der Waals surface area (Å²) in [5.74, 6) is -0.303. The van der Waals surface area contributed by atoms with Crippen LogP contribution in [0.4, 0.5) is 5.69 Å². The first kappa shape index (κ1) is 18.3. The number of piperazine rings is 1. The van der Waals surface area contributed by atoms with Crippen molar-refractivity contribution in [1.29, 1.82) is 0 Å². The van der Waals surface area contributed by atoms with E-state index in [-0.39, 0.29) is 12.0 Å². The standard InChI is InChI=1S/C20H26N4O2/c1-14-11-22-19(12-21-14)16(3)24-10-9-23(13-15(24)2)18-7-5-17(6-8-18)20(25)26-4/h5-8,11-12,15-16H,9-10,13H2,1-4H3/t15-,16+/m0/s1. The van der Waals surface area contributed by atoms with Crippen molar-refractivity contribution < 1.29 is 9.53 Å². The number of aromatic nitrogens is 2. The molecule has 6 nitrogen and oxygen atoms in total. The molecule has 26 heavy (non-hydrogen) atoms. The SMILES string of the molecule is COC(=O)c1ccc(N2CCN([C@H](C)c3cnc(C)cn3)[C@@H](C)C2)cc1. The number of carbonyl (C=O) groups excluding carboxylic acids is 1. The highest BCUT2D eigenvalue weighted by Gasteiger charge is 2.28. The smallest absolute Gasteiger partial charge is 0.337 e. The monoisotopic (exact) mass is 354 g/mol. The van der Waals surface area contributed by atoms with Crippen molar-refractivity contribution in [3.05, 3.63) is 53.6 Å². The third-order valence-electron chi connectivity index (χ3n) is 5.06. The lowest BCUT2D eigenvalue weighted by atomic mass is 10.1. The normalized spacial score (nSPS) is 19.2. The van der Waals surface area contributed by atoms with Crippen LogP contribution < -0.4 is 4.90 Å². The van der Waals surface area contributed by atoms with Crippen molar-refractivity contribution in [2.45, 2.75) is 32.9 Å². The number of ether oxygens (including phenoxy) is 1. The number of nitrogens with zero attached hydrogens (tertiary/aromatic N) is 4. The molecule has 1 aromatic heterocycles. The Morgan fingerprint density at radius 1 is 1.19 bits per heavy atom. The molecule has 0 N–H and O–H groups in total. The van der Waals surface area contributed by atoms with Gasteiger partial charge in [-0.15, -0.1) is 0 Å². The summed E-state index contributed by atoms with van der Waals surface area (Å²) in [5, 5.41) is 0.